The molecule has 1 atom stereocenters. The smallest absolute Gasteiger partial charge is 0.353 e. The van der Waals surface area contributed by atoms with Crippen molar-refractivity contribution < 1.29 is 4.92 Å². The van der Waals surface area contributed by atoms with Crippen molar-refractivity contribution in [3.63, 3.8) is 0 Å². The molecule has 0 fully saturated rings. The third-order valence-electron chi connectivity index (χ3n) is 3.85. The van der Waals surface area contributed by atoms with Gasteiger partial charge in [0.05, 0.1) is 11.0 Å². The first-order chi connectivity index (χ1) is 11.5. The van der Waals surface area contributed by atoms with Crippen LogP contribution >= 0.6 is 0 Å². The van der Waals surface area contributed by atoms with Crippen LogP contribution in [0.2, 0.25) is 0 Å². The molecule has 2 rings (SSSR count). The minimum absolute atomic E-state index is 0.0844. The van der Waals surface area contributed by atoms with Gasteiger partial charge in [-0.3, -0.25) is 10.1 Å². The third-order valence-corrected chi connectivity index (χ3v) is 3.85. The number of nitro groups is 1. The predicted molar refractivity (Wildman–Crippen MR) is 95.3 cm³/mol. The Kier molecular flexibility index (Phi) is 6.06. The Morgan fingerprint density at radius 1 is 1.29 bits per heavy atom. The largest absolute Gasteiger partial charge is 0.358 e. The Morgan fingerprint density at radius 3 is 2.62 bits per heavy atom. The summed E-state index contributed by atoms with van der Waals surface area (Å²) in [4.78, 5) is 21.2. The molecule has 1 N–H and O–H groups in total. The number of hydrogen-bond donors (Lipinski definition) is 1. The highest BCUT2D eigenvalue weighted by atomic mass is 16.6. The Bertz CT molecular complexity index is 678. The number of benzene rings is 1. The second kappa shape index (κ2) is 8.24. The summed E-state index contributed by atoms with van der Waals surface area (Å²) in [6, 6.07) is 9.65. The number of hydrogen-bond acceptors (Lipinski definition) is 6. The molecule has 7 nitrogen and oxygen atoms in total. The minimum atomic E-state index is -0.419. The lowest BCUT2D eigenvalue weighted by molar-refractivity contribution is -0.383. The van der Waals surface area contributed by atoms with E-state index in [1.54, 1.807) is 0 Å². The van der Waals surface area contributed by atoms with Crippen LogP contribution in [0.3, 0.4) is 0 Å². The van der Waals surface area contributed by atoms with Crippen LogP contribution in [0, 0.1) is 10.1 Å². The molecule has 0 amide bonds. The second-order valence-corrected chi connectivity index (χ2v) is 5.70. The van der Waals surface area contributed by atoms with E-state index >= 15 is 0 Å². The number of anilines is 2. The summed E-state index contributed by atoms with van der Waals surface area (Å²) in [6.07, 6.45) is 3.32. The molecule has 7 heteroatoms. The molecule has 24 heavy (non-hydrogen) atoms. The fraction of sp³-hybridized carbons (Fsp3) is 0.412. The zero-order chi connectivity index (χ0) is 17.5. The Morgan fingerprint density at radius 2 is 2.00 bits per heavy atom. The van der Waals surface area contributed by atoms with Gasteiger partial charge in [0.15, 0.2) is 0 Å². The van der Waals surface area contributed by atoms with Crippen molar-refractivity contribution in [1.82, 2.24) is 9.97 Å². The van der Waals surface area contributed by atoms with Gasteiger partial charge >= 0.3 is 5.69 Å². The summed E-state index contributed by atoms with van der Waals surface area (Å²) in [6.45, 7) is 4.74. The average molecular weight is 329 g/mol. The lowest BCUT2D eigenvalue weighted by Crippen LogP contribution is -2.22. The van der Waals surface area contributed by atoms with E-state index in [1.807, 2.05) is 49.2 Å². The Balaban J connectivity index is 2.31. The molecule has 1 aromatic carbocycles. The molecule has 0 aliphatic rings. The van der Waals surface area contributed by atoms with Gasteiger partial charge in [-0.05, 0) is 18.9 Å². The van der Waals surface area contributed by atoms with Crippen LogP contribution in [0.25, 0.3) is 0 Å². The van der Waals surface area contributed by atoms with E-state index in [9.17, 15) is 10.1 Å². The van der Waals surface area contributed by atoms with Gasteiger partial charge in [0.25, 0.3) is 0 Å². The summed E-state index contributed by atoms with van der Waals surface area (Å²) in [5.41, 5.74) is 0.949. The first kappa shape index (κ1) is 17.7. The molecule has 1 heterocycles. The van der Waals surface area contributed by atoms with Gasteiger partial charge in [0.1, 0.15) is 6.33 Å². The van der Waals surface area contributed by atoms with Crippen LogP contribution in [0.15, 0.2) is 36.7 Å². The maximum Gasteiger partial charge on any atom is 0.353 e. The molecule has 128 valence electrons. The van der Waals surface area contributed by atoms with Gasteiger partial charge in [-0.1, -0.05) is 43.7 Å². The van der Waals surface area contributed by atoms with Gasteiger partial charge in [-0.2, -0.15) is 0 Å². The van der Waals surface area contributed by atoms with Crippen molar-refractivity contribution >= 4 is 17.3 Å². The Labute approximate surface area is 141 Å². The number of aromatic nitrogens is 2. The quantitative estimate of drug-likeness (QED) is 0.586. The monoisotopic (exact) mass is 329 g/mol. The lowest BCUT2D eigenvalue weighted by atomic mass is 10.1. The van der Waals surface area contributed by atoms with Gasteiger partial charge < -0.3 is 10.2 Å². The minimum Gasteiger partial charge on any atom is -0.358 e. The molecule has 0 saturated carbocycles. The highest BCUT2D eigenvalue weighted by molar-refractivity contribution is 5.70. The number of nitrogens with one attached hydrogen (secondary N) is 1. The van der Waals surface area contributed by atoms with Crippen LogP contribution in [0.4, 0.5) is 17.3 Å². The van der Waals surface area contributed by atoms with Gasteiger partial charge in [-0.25, -0.2) is 9.97 Å². The molecular weight excluding hydrogens is 306 g/mol. The molecule has 1 aromatic heterocycles. The summed E-state index contributed by atoms with van der Waals surface area (Å²) in [5.74, 6) is 0.580. The maximum atomic E-state index is 11.6. The fourth-order valence-corrected chi connectivity index (χ4v) is 2.45. The van der Waals surface area contributed by atoms with E-state index in [2.05, 4.69) is 22.2 Å². The van der Waals surface area contributed by atoms with Crippen LogP contribution in [0.1, 0.15) is 38.3 Å². The zero-order valence-corrected chi connectivity index (χ0v) is 14.3. The lowest BCUT2D eigenvalue weighted by Gasteiger charge is -2.20. The van der Waals surface area contributed by atoms with E-state index in [-0.39, 0.29) is 17.5 Å². The van der Waals surface area contributed by atoms with E-state index in [1.165, 1.54) is 6.33 Å². The Hall–Kier alpha value is -2.70. The van der Waals surface area contributed by atoms with Gasteiger partial charge in [0.2, 0.25) is 11.6 Å². The second-order valence-electron chi connectivity index (χ2n) is 5.70. The summed E-state index contributed by atoms with van der Waals surface area (Å²) >= 11 is 0. The van der Waals surface area contributed by atoms with Crippen molar-refractivity contribution in [2.24, 2.45) is 0 Å². The molecular formula is C17H23N5O2. The van der Waals surface area contributed by atoms with E-state index in [4.69, 9.17) is 0 Å². The number of rotatable bonds is 8. The number of nitrogens with zero attached hydrogens (tertiary/aromatic N) is 4. The molecule has 1 unspecified atom stereocenters. The van der Waals surface area contributed by atoms with E-state index in [0.29, 0.717) is 12.4 Å². The molecule has 0 radical (unpaired) electrons. The van der Waals surface area contributed by atoms with Crippen LogP contribution in [-0.4, -0.2) is 28.5 Å². The highest BCUT2D eigenvalue weighted by Crippen LogP contribution is 2.33. The molecule has 0 saturated heterocycles. The first-order valence-corrected chi connectivity index (χ1v) is 8.06. The first-order valence-electron chi connectivity index (χ1n) is 8.06. The molecule has 0 aliphatic carbocycles. The van der Waals surface area contributed by atoms with Crippen molar-refractivity contribution in [2.45, 2.75) is 32.7 Å². The number of unbranched alkanes of at least 4 members (excludes halogenated alkanes) is 1. The normalized spacial score (nSPS) is 11.8. The average Bonchev–Trinajstić information content (AvgIpc) is 2.59. The fourth-order valence-electron chi connectivity index (χ4n) is 2.45. The molecule has 0 spiro atoms. The standard InChI is InChI=1S/C17H23N5O2/c1-4-5-11-21(3)17-15(22(23)24)16(18-12-19-17)20-13(2)14-9-7-6-8-10-14/h6-10,12-13H,4-5,11H2,1-3H3,(H,18,19,20). The van der Waals surface area contributed by atoms with Gasteiger partial charge in [-0.15, -0.1) is 0 Å². The summed E-state index contributed by atoms with van der Waals surface area (Å²) in [7, 11) is 1.81. The van der Waals surface area contributed by atoms with Crippen molar-refractivity contribution in [1.29, 1.82) is 0 Å². The summed E-state index contributed by atoms with van der Waals surface area (Å²) in [5, 5.41) is 14.7. The topological polar surface area (TPSA) is 84.2 Å². The van der Waals surface area contributed by atoms with Crippen molar-refractivity contribution in [2.75, 3.05) is 23.8 Å². The zero-order valence-electron chi connectivity index (χ0n) is 14.3. The van der Waals surface area contributed by atoms with Crippen molar-refractivity contribution in [3.05, 3.63) is 52.3 Å². The van der Waals surface area contributed by atoms with Crippen LogP contribution in [-0.2, 0) is 0 Å². The molecule has 0 aliphatic heterocycles. The maximum absolute atomic E-state index is 11.6. The van der Waals surface area contributed by atoms with Gasteiger partial charge in [0, 0.05) is 13.6 Å². The highest BCUT2D eigenvalue weighted by Gasteiger charge is 2.26. The van der Waals surface area contributed by atoms with E-state index in [0.717, 1.165) is 18.4 Å². The van der Waals surface area contributed by atoms with Crippen LogP contribution in [0.5, 0.6) is 0 Å². The van der Waals surface area contributed by atoms with E-state index < -0.39 is 4.92 Å². The SMILES string of the molecule is CCCCN(C)c1ncnc(NC(C)c2ccccc2)c1[N+](=O)[O-]. The molecule has 0 bridgehead atoms. The van der Waals surface area contributed by atoms with Crippen LogP contribution < -0.4 is 10.2 Å². The van der Waals surface area contributed by atoms with Crippen molar-refractivity contribution in [3.8, 4) is 0 Å². The molecule has 2 aromatic rings. The third kappa shape index (κ3) is 4.18. The predicted octanol–water partition coefficient (Wildman–Crippen LogP) is 3.79. The summed E-state index contributed by atoms with van der Waals surface area (Å²) < 4.78 is 0.